The molecule has 0 radical (unpaired) electrons. The van der Waals surface area contributed by atoms with Crippen LogP contribution in [0.25, 0.3) is 10.9 Å². The predicted molar refractivity (Wildman–Crippen MR) is 70.6 cm³/mol. The van der Waals surface area contributed by atoms with Crippen molar-refractivity contribution < 1.29 is 4.74 Å². The lowest BCUT2D eigenvalue weighted by molar-refractivity contribution is 0.0674. The van der Waals surface area contributed by atoms with Crippen LogP contribution in [0.2, 0.25) is 0 Å². The zero-order chi connectivity index (χ0) is 12.5. The molecule has 96 valence electrons. The van der Waals surface area contributed by atoms with Crippen LogP contribution in [0.15, 0.2) is 12.3 Å². The summed E-state index contributed by atoms with van der Waals surface area (Å²) in [6, 6.07) is 2.23. The first-order valence-electron chi connectivity index (χ1n) is 6.06. The van der Waals surface area contributed by atoms with Gasteiger partial charge in [-0.05, 0) is 12.8 Å². The van der Waals surface area contributed by atoms with Gasteiger partial charge in [0.05, 0.1) is 23.1 Å². The molecule has 1 aliphatic rings. The lowest BCUT2D eigenvalue weighted by atomic mass is 10.1. The molecule has 0 aliphatic carbocycles. The number of hydrogen-bond donors (Lipinski definition) is 1. The van der Waals surface area contributed by atoms with E-state index in [1.807, 2.05) is 10.7 Å². The Morgan fingerprint density at radius 1 is 1.44 bits per heavy atom. The minimum atomic E-state index is 0.361. The van der Waals surface area contributed by atoms with Crippen LogP contribution in [-0.2, 0) is 10.6 Å². The average molecular weight is 267 g/mol. The highest BCUT2D eigenvalue weighted by atomic mass is 35.5. The SMILES string of the molecule is Nc1cc2c(cn1)c(CCl)nn2C1CCOCC1. The molecule has 6 heteroatoms. The number of nitrogens with two attached hydrogens (primary N) is 1. The first-order chi connectivity index (χ1) is 8.79. The smallest absolute Gasteiger partial charge is 0.125 e. The molecule has 3 rings (SSSR count). The van der Waals surface area contributed by atoms with Crippen molar-refractivity contribution in [2.45, 2.75) is 24.8 Å². The Labute approximate surface area is 110 Å². The molecule has 1 saturated heterocycles. The van der Waals surface area contributed by atoms with Crippen molar-refractivity contribution in [3.8, 4) is 0 Å². The molecule has 2 aromatic rings. The van der Waals surface area contributed by atoms with Crippen molar-refractivity contribution in [3.05, 3.63) is 18.0 Å². The monoisotopic (exact) mass is 266 g/mol. The first kappa shape index (κ1) is 11.7. The van der Waals surface area contributed by atoms with E-state index in [0.29, 0.717) is 17.7 Å². The molecule has 0 amide bonds. The molecule has 0 spiro atoms. The maximum absolute atomic E-state index is 5.94. The highest BCUT2D eigenvalue weighted by Crippen LogP contribution is 2.28. The highest BCUT2D eigenvalue weighted by molar-refractivity contribution is 6.17. The molecular weight excluding hydrogens is 252 g/mol. The fourth-order valence-corrected chi connectivity index (χ4v) is 2.61. The number of rotatable bonds is 2. The molecule has 0 atom stereocenters. The Kier molecular flexibility index (Phi) is 3.09. The summed E-state index contributed by atoms with van der Waals surface area (Å²) in [7, 11) is 0. The zero-order valence-corrected chi connectivity index (χ0v) is 10.7. The topological polar surface area (TPSA) is 66.0 Å². The lowest BCUT2D eigenvalue weighted by Gasteiger charge is -2.23. The molecule has 18 heavy (non-hydrogen) atoms. The van der Waals surface area contributed by atoms with E-state index in [2.05, 4.69) is 10.1 Å². The normalized spacial score (nSPS) is 17.4. The number of nitrogen functional groups attached to an aromatic ring is 1. The number of ether oxygens (including phenoxy) is 1. The highest BCUT2D eigenvalue weighted by Gasteiger charge is 2.20. The van der Waals surface area contributed by atoms with Crippen LogP contribution in [0.3, 0.4) is 0 Å². The van der Waals surface area contributed by atoms with E-state index in [0.717, 1.165) is 42.7 Å². The third-order valence-electron chi connectivity index (χ3n) is 3.35. The minimum absolute atomic E-state index is 0.361. The van der Waals surface area contributed by atoms with Crippen molar-refractivity contribution in [2.24, 2.45) is 0 Å². The Hall–Kier alpha value is -1.33. The Morgan fingerprint density at radius 2 is 2.22 bits per heavy atom. The summed E-state index contributed by atoms with van der Waals surface area (Å²) in [5.41, 5.74) is 7.65. The van der Waals surface area contributed by atoms with Crippen LogP contribution in [0.5, 0.6) is 0 Å². The van der Waals surface area contributed by atoms with Gasteiger partial charge in [-0.15, -0.1) is 11.6 Å². The third-order valence-corrected chi connectivity index (χ3v) is 3.61. The summed E-state index contributed by atoms with van der Waals surface area (Å²) in [5.74, 6) is 0.898. The minimum Gasteiger partial charge on any atom is -0.384 e. The summed E-state index contributed by atoms with van der Waals surface area (Å²) in [5, 5.41) is 5.60. The second kappa shape index (κ2) is 4.74. The van der Waals surface area contributed by atoms with E-state index in [-0.39, 0.29) is 0 Å². The van der Waals surface area contributed by atoms with E-state index in [4.69, 9.17) is 22.1 Å². The first-order valence-corrected chi connectivity index (χ1v) is 6.59. The molecule has 1 fully saturated rings. The summed E-state index contributed by atoms with van der Waals surface area (Å²) in [6.07, 6.45) is 3.70. The number of anilines is 1. The number of nitrogens with zero attached hydrogens (tertiary/aromatic N) is 3. The second-order valence-electron chi connectivity index (χ2n) is 4.49. The number of fused-ring (bicyclic) bond motifs is 1. The summed E-state index contributed by atoms with van der Waals surface area (Å²) >= 11 is 5.94. The number of pyridine rings is 1. The lowest BCUT2D eigenvalue weighted by Crippen LogP contribution is -2.20. The van der Waals surface area contributed by atoms with Crippen LogP contribution in [0.4, 0.5) is 5.82 Å². The van der Waals surface area contributed by atoms with Gasteiger partial charge in [-0.25, -0.2) is 4.98 Å². The van der Waals surface area contributed by atoms with Crippen molar-refractivity contribution in [3.63, 3.8) is 0 Å². The molecule has 5 nitrogen and oxygen atoms in total. The summed E-state index contributed by atoms with van der Waals surface area (Å²) < 4.78 is 7.42. The molecule has 1 aliphatic heterocycles. The summed E-state index contributed by atoms with van der Waals surface area (Å²) in [6.45, 7) is 1.56. The van der Waals surface area contributed by atoms with Crippen LogP contribution in [-0.4, -0.2) is 28.0 Å². The van der Waals surface area contributed by atoms with Crippen molar-refractivity contribution >= 4 is 28.3 Å². The maximum atomic E-state index is 5.94. The molecule has 3 heterocycles. The van der Waals surface area contributed by atoms with Crippen LogP contribution < -0.4 is 5.73 Å². The van der Waals surface area contributed by atoms with Crippen LogP contribution >= 0.6 is 11.6 Å². The van der Waals surface area contributed by atoms with Gasteiger partial charge in [0.25, 0.3) is 0 Å². The molecule has 0 aromatic carbocycles. The second-order valence-corrected chi connectivity index (χ2v) is 4.76. The molecular formula is C12H15ClN4O. The van der Waals surface area contributed by atoms with E-state index in [9.17, 15) is 0 Å². The van der Waals surface area contributed by atoms with Gasteiger partial charge in [-0.3, -0.25) is 4.68 Å². The van der Waals surface area contributed by atoms with Gasteiger partial charge in [0.1, 0.15) is 5.82 Å². The van der Waals surface area contributed by atoms with E-state index >= 15 is 0 Å². The van der Waals surface area contributed by atoms with Gasteiger partial charge in [0, 0.05) is 30.9 Å². The van der Waals surface area contributed by atoms with E-state index < -0.39 is 0 Å². The molecule has 0 saturated carbocycles. The van der Waals surface area contributed by atoms with Gasteiger partial charge >= 0.3 is 0 Å². The Bertz CT molecular complexity index is 562. The Balaban J connectivity index is 2.12. The molecule has 2 N–H and O–H groups in total. The average Bonchev–Trinajstić information content (AvgIpc) is 2.77. The number of halogens is 1. The number of alkyl halides is 1. The van der Waals surface area contributed by atoms with Gasteiger partial charge in [-0.2, -0.15) is 5.10 Å². The fourth-order valence-electron chi connectivity index (χ4n) is 2.42. The van der Waals surface area contributed by atoms with E-state index in [1.54, 1.807) is 6.20 Å². The van der Waals surface area contributed by atoms with E-state index in [1.165, 1.54) is 0 Å². The standard InChI is InChI=1S/C12H15ClN4O/c13-6-10-9-7-15-12(14)5-11(9)17(16-10)8-1-3-18-4-2-8/h5,7-8H,1-4,6H2,(H2,14,15). The largest absolute Gasteiger partial charge is 0.384 e. The number of hydrogen-bond acceptors (Lipinski definition) is 4. The molecule has 0 bridgehead atoms. The number of aromatic nitrogens is 3. The van der Waals surface area contributed by atoms with Crippen LogP contribution in [0.1, 0.15) is 24.6 Å². The third kappa shape index (κ3) is 1.93. The maximum Gasteiger partial charge on any atom is 0.125 e. The molecule has 0 unspecified atom stereocenters. The molecule has 2 aromatic heterocycles. The van der Waals surface area contributed by atoms with Gasteiger partial charge in [-0.1, -0.05) is 0 Å². The quantitative estimate of drug-likeness (QED) is 0.846. The fraction of sp³-hybridized carbons (Fsp3) is 0.500. The van der Waals surface area contributed by atoms with Crippen molar-refractivity contribution in [1.29, 1.82) is 0 Å². The van der Waals surface area contributed by atoms with Gasteiger partial charge in [0.2, 0.25) is 0 Å². The van der Waals surface area contributed by atoms with Crippen LogP contribution in [0, 0.1) is 0 Å². The van der Waals surface area contributed by atoms with Gasteiger partial charge < -0.3 is 10.5 Å². The Morgan fingerprint density at radius 3 is 2.94 bits per heavy atom. The summed E-state index contributed by atoms with van der Waals surface area (Å²) in [4.78, 5) is 4.12. The zero-order valence-electron chi connectivity index (χ0n) is 9.97. The van der Waals surface area contributed by atoms with Crippen molar-refractivity contribution in [2.75, 3.05) is 18.9 Å². The predicted octanol–water partition coefficient (Wildman–Crippen LogP) is 2.10. The van der Waals surface area contributed by atoms with Gasteiger partial charge in [0.15, 0.2) is 0 Å². The van der Waals surface area contributed by atoms with Crippen molar-refractivity contribution in [1.82, 2.24) is 14.8 Å².